The lowest BCUT2D eigenvalue weighted by molar-refractivity contribution is -0.127. The molecule has 1 fully saturated rings. The molecule has 2 aromatic carbocycles. The van der Waals surface area contributed by atoms with Gasteiger partial charge in [0.05, 0.1) is 0 Å². The standard InChI is InChI=1S/C28H40N2O4/c1-21(34-26-11-7-9-23(19-26)28(2,3)4)27(31)29-20-22-8-6-10-25(18-22)33-17-14-30(5)24-12-15-32-16-13-24/h6-11,18-19,21,24H,12-17,20H2,1-5H3,(H,29,31). The predicted octanol–water partition coefficient (Wildman–Crippen LogP) is 4.56. The molecular weight excluding hydrogens is 428 g/mol. The second kappa shape index (κ2) is 12.2. The molecule has 1 heterocycles. The minimum absolute atomic E-state index is 0.0260. The van der Waals surface area contributed by atoms with E-state index in [1.54, 1.807) is 6.92 Å². The zero-order valence-electron chi connectivity index (χ0n) is 21.3. The minimum atomic E-state index is -0.588. The maximum atomic E-state index is 12.6. The second-order valence-electron chi connectivity index (χ2n) is 10.1. The van der Waals surface area contributed by atoms with Crippen LogP contribution in [-0.2, 0) is 21.5 Å². The van der Waals surface area contributed by atoms with E-state index < -0.39 is 6.10 Å². The van der Waals surface area contributed by atoms with Crippen LogP contribution in [0.15, 0.2) is 48.5 Å². The predicted molar refractivity (Wildman–Crippen MR) is 135 cm³/mol. The second-order valence-corrected chi connectivity index (χ2v) is 10.1. The number of benzene rings is 2. The summed E-state index contributed by atoms with van der Waals surface area (Å²) in [5.41, 5.74) is 2.19. The van der Waals surface area contributed by atoms with E-state index in [9.17, 15) is 4.79 Å². The van der Waals surface area contributed by atoms with Crippen LogP contribution in [0.2, 0.25) is 0 Å². The number of likely N-dealkylation sites (N-methyl/N-ethyl adjacent to an activating group) is 1. The lowest BCUT2D eigenvalue weighted by Crippen LogP contribution is -2.38. The summed E-state index contributed by atoms with van der Waals surface area (Å²) in [5.74, 6) is 1.37. The summed E-state index contributed by atoms with van der Waals surface area (Å²) in [4.78, 5) is 15.0. The number of hydrogen-bond donors (Lipinski definition) is 1. The summed E-state index contributed by atoms with van der Waals surface area (Å²) >= 11 is 0. The molecule has 1 aliphatic rings. The van der Waals surface area contributed by atoms with Crippen molar-refractivity contribution in [2.75, 3.05) is 33.4 Å². The number of hydrogen-bond acceptors (Lipinski definition) is 5. The fourth-order valence-electron chi connectivity index (χ4n) is 3.99. The van der Waals surface area contributed by atoms with Crippen LogP contribution < -0.4 is 14.8 Å². The lowest BCUT2D eigenvalue weighted by Gasteiger charge is -2.31. The van der Waals surface area contributed by atoms with Gasteiger partial charge in [0.15, 0.2) is 6.10 Å². The molecule has 0 saturated carbocycles. The number of amides is 1. The largest absolute Gasteiger partial charge is 0.492 e. The highest BCUT2D eigenvalue weighted by Crippen LogP contribution is 2.26. The van der Waals surface area contributed by atoms with Gasteiger partial charge in [0, 0.05) is 32.3 Å². The monoisotopic (exact) mass is 468 g/mol. The third-order valence-corrected chi connectivity index (χ3v) is 6.27. The Balaban J connectivity index is 1.44. The third kappa shape index (κ3) is 8.03. The Morgan fingerprint density at radius 2 is 1.82 bits per heavy atom. The Morgan fingerprint density at radius 1 is 1.12 bits per heavy atom. The fourth-order valence-corrected chi connectivity index (χ4v) is 3.99. The molecule has 3 rings (SSSR count). The van der Waals surface area contributed by atoms with Gasteiger partial charge in [-0.15, -0.1) is 0 Å². The first kappa shape index (κ1) is 26.0. The molecule has 1 saturated heterocycles. The van der Waals surface area contributed by atoms with E-state index in [0.717, 1.165) is 43.9 Å². The van der Waals surface area contributed by atoms with Gasteiger partial charge >= 0.3 is 0 Å². The van der Waals surface area contributed by atoms with Gasteiger partial charge in [0.1, 0.15) is 18.1 Å². The Morgan fingerprint density at radius 3 is 2.56 bits per heavy atom. The summed E-state index contributed by atoms with van der Waals surface area (Å²) in [5, 5.41) is 2.97. The molecule has 186 valence electrons. The van der Waals surface area contributed by atoms with Crippen molar-refractivity contribution in [1.29, 1.82) is 0 Å². The molecule has 0 aliphatic carbocycles. The molecule has 0 spiro atoms. The number of rotatable bonds is 10. The van der Waals surface area contributed by atoms with Crippen LogP contribution in [0.5, 0.6) is 11.5 Å². The van der Waals surface area contributed by atoms with Crippen molar-refractivity contribution in [1.82, 2.24) is 10.2 Å². The third-order valence-electron chi connectivity index (χ3n) is 6.27. The summed E-state index contributed by atoms with van der Waals surface area (Å²) in [6.45, 7) is 11.9. The van der Waals surface area contributed by atoms with Gasteiger partial charge in [-0.2, -0.15) is 0 Å². The van der Waals surface area contributed by atoms with Crippen molar-refractivity contribution in [3.8, 4) is 11.5 Å². The molecule has 1 unspecified atom stereocenters. The Bertz CT molecular complexity index is 919. The fraction of sp³-hybridized carbons (Fsp3) is 0.536. The SMILES string of the molecule is CC(Oc1cccc(C(C)(C)C)c1)C(=O)NCc1cccc(OCCN(C)C2CCOCC2)c1. The van der Waals surface area contributed by atoms with Crippen molar-refractivity contribution in [2.45, 2.75) is 64.6 Å². The molecule has 2 aromatic rings. The van der Waals surface area contributed by atoms with Crippen LogP contribution in [0.25, 0.3) is 0 Å². The van der Waals surface area contributed by atoms with Crippen LogP contribution in [0.3, 0.4) is 0 Å². The van der Waals surface area contributed by atoms with Gasteiger partial charge in [-0.3, -0.25) is 9.69 Å². The van der Waals surface area contributed by atoms with Gasteiger partial charge in [0.25, 0.3) is 5.91 Å². The van der Waals surface area contributed by atoms with Crippen molar-refractivity contribution in [3.63, 3.8) is 0 Å². The molecule has 0 aromatic heterocycles. The molecule has 0 bridgehead atoms. The van der Waals surface area contributed by atoms with Crippen molar-refractivity contribution in [2.24, 2.45) is 0 Å². The highest BCUT2D eigenvalue weighted by molar-refractivity contribution is 5.80. The molecule has 6 nitrogen and oxygen atoms in total. The molecule has 1 atom stereocenters. The minimum Gasteiger partial charge on any atom is -0.492 e. The Labute approximate surface area is 204 Å². The zero-order chi connectivity index (χ0) is 24.6. The summed E-state index contributed by atoms with van der Waals surface area (Å²) in [7, 11) is 2.15. The molecule has 1 N–H and O–H groups in total. The van der Waals surface area contributed by atoms with E-state index in [1.807, 2.05) is 42.5 Å². The number of carbonyl (C=O) groups is 1. The highest BCUT2D eigenvalue weighted by Gasteiger charge is 2.19. The van der Waals surface area contributed by atoms with E-state index in [-0.39, 0.29) is 11.3 Å². The van der Waals surface area contributed by atoms with Crippen LogP contribution in [0, 0.1) is 0 Å². The first-order valence-corrected chi connectivity index (χ1v) is 12.3. The highest BCUT2D eigenvalue weighted by atomic mass is 16.5. The first-order chi connectivity index (χ1) is 16.2. The topological polar surface area (TPSA) is 60.0 Å². The van der Waals surface area contributed by atoms with Crippen LogP contribution in [0.4, 0.5) is 0 Å². The average Bonchev–Trinajstić information content (AvgIpc) is 2.83. The summed E-state index contributed by atoms with van der Waals surface area (Å²) in [6, 6.07) is 16.4. The zero-order valence-corrected chi connectivity index (χ0v) is 21.3. The maximum absolute atomic E-state index is 12.6. The van der Waals surface area contributed by atoms with Gasteiger partial charge < -0.3 is 19.5 Å². The molecule has 1 amide bonds. The van der Waals surface area contributed by atoms with E-state index in [2.05, 4.69) is 44.1 Å². The maximum Gasteiger partial charge on any atom is 0.261 e. The molecular formula is C28H40N2O4. The van der Waals surface area contributed by atoms with Gasteiger partial charge in [-0.05, 0) is 67.6 Å². The van der Waals surface area contributed by atoms with Gasteiger partial charge in [0.2, 0.25) is 0 Å². The first-order valence-electron chi connectivity index (χ1n) is 12.3. The van der Waals surface area contributed by atoms with E-state index >= 15 is 0 Å². The molecule has 34 heavy (non-hydrogen) atoms. The van der Waals surface area contributed by atoms with Gasteiger partial charge in [-0.25, -0.2) is 0 Å². The number of carbonyl (C=O) groups excluding carboxylic acids is 1. The van der Waals surface area contributed by atoms with Crippen molar-refractivity contribution < 1.29 is 19.0 Å². The number of ether oxygens (including phenoxy) is 3. The van der Waals surface area contributed by atoms with Crippen LogP contribution in [0.1, 0.15) is 51.7 Å². The number of nitrogens with one attached hydrogen (secondary N) is 1. The molecule has 0 radical (unpaired) electrons. The van der Waals surface area contributed by atoms with E-state index in [1.165, 1.54) is 5.56 Å². The lowest BCUT2D eigenvalue weighted by atomic mass is 9.87. The quantitative estimate of drug-likeness (QED) is 0.554. The Hall–Kier alpha value is -2.57. The van der Waals surface area contributed by atoms with Crippen LogP contribution in [-0.4, -0.2) is 56.4 Å². The summed E-state index contributed by atoms with van der Waals surface area (Å²) < 4.78 is 17.3. The average molecular weight is 469 g/mol. The van der Waals surface area contributed by atoms with Gasteiger partial charge in [-0.1, -0.05) is 45.0 Å². The molecule has 6 heteroatoms. The Kier molecular flexibility index (Phi) is 9.36. The number of nitrogens with zero attached hydrogens (tertiary/aromatic N) is 1. The smallest absolute Gasteiger partial charge is 0.261 e. The van der Waals surface area contributed by atoms with Crippen molar-refractivity contribution in [3.05, 3.63) is 59.7 Å². The van der Waals surface area contributed by atoms with Crippen LogP contribution >= 0.6 is 0 Å². The molecule has 1 aliphatic heterocycles. The van der Waals surface area contributed by atoms with E-state index in [4.69, 9.17) is 14.2 Å². The normalized spacial score (nSPS) is 15.7. The van der Waals surface area contributed by atoms with Crippen molar-refractivity contribution >= 4 is 5.91 Å². The van der Waals surface area contributed by atoms with E-state index in [0.29, 0.717) is 24.9 Å². The summed E-state index contributed by atoms with van der Waals surface area (Å²) in [6.07, 6.45) is 1.57.